The Morgan fingerprint density at radius 2 is 1.44 bits per heavy atom. The van der Waals surface area contributed by atoms with Crippen LogP contribution in [0.3, 0.4) is 0 Å². The molecule has 0 saturated heterocycles. The number of rotatable bonds is 5. The van der Waals surface area contributed by atoms with Crippen LogP contribution < -0.4 is 0 Å². The van der Waals surface area contributed by atoms with Crippen LogP contribution >= 0.6 is 0 Å². The van der Waals surface area contributed by atoms with Crippen LogP contribution in [-0.4, -0.2) is 20.7 Å². The maximum absolute atomic E-state index is 12.7. The van der Waals surface area contributed by atoms with E-state index in [-0.39, 0.29) is 16.9 Å². The second-order valence-electron chi connectivity index (χ2n) is 10.2. The lowest BCUT2D eigenvalue weighted by atomic mass is 9.86. The van der Waals surface area contributed by atoms with Gasteiger partial charge < -0.3 is 14.8 Å². The first kappa shape index (κ1) is 23.4. The fourth-order valence-electron chi connectivity index (χ4n) is 4.80. The van der Waals surface area contributed by atoms with E-state index >= 15 is 0 Å². The van der Waals surface area contributed by atoms with Crippen molar-refractivity contribution in [2.75, 3.05) is 0 Å². The summed E-state index contributed by atoms with van der Waals surface area (Å²) in [4.78, 5) is 12.7. The summed E-state index contributed by atoms with van der Waals surface area (Å²) in [7, 11) is 0. The summed E-state index contributed by atoms with van der Waals surface area (Å²) in [6.45, 7) is 6.93. The summed E-state index contributed by atoms with van der Waals surface area (Å²) in [6, 6.07) is 31.3. The standard InChI is InChI=1S/C32H29NO3/c1-32(2,3)25-15-11-23(12-16-25)29-27-9-4-5-10-28(27)33(30(29)31(35)36)20-21-7-6-8-24(19-21)22-13-17-26(34)18-14-22/h4-19,34H,20H2,1-3H3,(H,35,36). The lowest BCUT2D eigenvalue weighted by Crippen LogP contribution is -2.11. The van der Waals surface area contributed by atoms with Crippen molar-refractivity contribution < 1.29 is 15.0 Å². The van der Waals surface area contributed by atoms with Crippen LogP contribution in [0, 0.1) is 0 Å². The highest BCUT2D eigenvalue weighted by atomic mass is 16.4. The number of hydrogen-bond donors (Lipinski definition) is 2. The van der Waals surface area contributed by atoms with Gasteiger partial charge >= 0.3 is 5.97 Å². The molecule has 0 radical (unpaired) electrons. The number of para-hydroxylation sites is 1. The minimum atomic E-state index is -0.948. The Morgan fingerprint density at radius 1 is 0.778 bits per heavy atom. The highest BCUT2D eigenvalue weighted by Gasteiger charge is 2.24. The summed E-state index contributed by atoms with van der Waals surface area (Å²) in [5, 5.41) is 20.9. The van der Waals surface area contributed by atoms with Crippen molar-refractivity contribution in [1.29, 1.82) is 0 Å². The Morgan fingerprint density at radius 3 is 2.11 bits per heavy atom. The zero-order chi connectivity index (χ0) is 25.4. The van der Waals surface area contributed by atoms with Crippen molar-refractivity contribution in [2.45, 2.75) is 32.7 Å². The number of aromatic carboxylic acids is 1. The van der Waals surface area contributed by atoms with Gasteiger partial charge in [0.05, 0.1) is 0 Å². The zero-order valence-corrected chi connectivity index (χ0v) is 20.7. The quantitative estimate of drug-likeness (QED) is 0.273. The van der Waals surface area contributed by atoms with Gasteiger partial charge in [0.1, 0.15) is 11.4 Å². The molecule has 0 amide bonds. The van der Waals surface area contributed by atoms with E-state index in [1.807, 2.05) is 71.3 Å². The van der Waals surface area contributed by atoms with Gasteiger partial charge in [-0.2, -0.15) is 0 Å². The minimum Gasteiger partial charge on any atom is -0.508 e. The van der Waals surface area contributed by atoms with Crippen molar-refractivity contribution in [3.8, 4) is 28.0 Å². The van der Waals surface area contributed by atoms with Crippen molar-refractivity contribution in [1.82, 2.24) is 4.57 Å². The van der Waals surface area contributed by atoms with E-state index in [0.29, 0.717) is 6.54 Å². The number of carbonyl (C=O) groups is 1. The number of hydrogen-bond acceptors (Lipinski definition) is 2. The van der Waals surface area contributed by atoms with Gasteiger partial charge in [-0.15, -0.1) is 0 Å². The smallest absolute Gasteiger partial charge is 0.353 e. The third-order valence-electron chi connectivity index (χ3n) is 6.68. The number of phenolic OH excluding ortho intramolecular Hbond substituents is 1. The van der Waals surface area contributed by atoms with Crippen LogP contribution in [0.1, 0.15) is 42.4 Å². The lowest BCUT2D eigenvalue weighted by Gasteiger charge is -2.19. The van der Waals surface area contributed by atoms with E-state index in [1.54, 1.807) is 12.1 Å². The molecule has 5 rings (SSSR count). The van der Waals surface area contributed by atoms with Gasteiger partial charge in [0.25, 0.3) is 0 Å². The molecule has 1 aromatic heterocycles. The number of fused-ring (bicyclic) bond motifs is 1. The van der Waals surface area contributed by atoms with Crippen LogP contribution in [0.15, 0.2) is 97.1 Å². The molecule has 2 N–H and O–H groups in total. The van der Waals surface area contributed by atoms with Gasteiger partial charge in [0.2, 0.25) is 0 Å². The average molecular weight is 476 g/mol. The number of carboxylic acid groups (broad SMARTS) is 1. The van der Waals surface area contributed by atoms with E-state index in [1.165, 1.54) is 5.56 Å². The lowest BCUT2D eigenvalue weighted by molar-refractivity contribution is 0.0687. The van der Waals surface area contributed by atoms with Gasteiger partial charge in [-0.3, -0.25) is 0 Å². The van der Waals surface area contributed by atoms with Crippen molar-refractivity contribution in [2.24, 2.45) is 0 Å². The molecule has 0 fully saturated rings. The SMILES string of the molecule is CC(C)(C)c1ccc(-c2c(C(=O)O)n(Cc3cccc(-c4ccc(O)cc4)c3)c3ccccc23)cc1. The first-order valence-electron chi connectivity index (χ1n) is 12.1. The number of carboxylic acids is 1. The first-order chi connectivity index (χ1) is 17.2. The zero-order valence-electron chi connectivity index (χ0n) is 20.7. The second kappa shape index (κ2) is 9.04. The molecule has 4 heteroatoms. The fraction of sp³-hybridized carbons (Fsp3) is 0.156. The molecule has 0 saturated carbocycles. The Balaban J connectivity index is 1.63. The predicted octanol–water partition coefficient (Wildman–Crippen LogP) is 7.72. The van der Waals surface area contributed by atoms with Gasteiger partial charge in [0.15, 0.2) is 0 Å². The third-order valence-corrected chi connectivity index (χ3v) is 6.68. The number of nitrogens with zero attached hydrogens (tertiary/aromatic N) is 1. The van der Waals surface area contributed by atoms with Crippen LogP contribution in [0.2, 0.25) is 0 Å². The van der Waals surface area contributed by atoms with Gasteiger partial charge in [0, 0.05) is 23.0 Å². The largest absolute Gasteiger partial charge is 0.508 e. The van der Waals surface area contributed by atoms with E-state index in [2.05, 4.69) is 39.0 Å². The maximum atomic E-state index is 12.7. The van der Waals surface area contributed by atoms with Crippen LogP contribution in [0.5, 0.6) is 5.75 Å². The molecule has 0 aliphatic rings. The highest BCUT2D eigenvalue weighted by molar-refractivity contribution is 6.08. The summed E-state index contributed by atoms with van der Waals surface area (Å²) < 4.78 is 1.90. The molecule has 0 aliphatic carbocycles. The van der Waals surface area contributed by atoms with Crippen LogP contribution in [0.4, 0.5) is 0 Å². The first-order valence-corrected chi connectivity index (χ1v) is 12.1. The Kier molecular flexibility index (Phi) is 5.89. The molecule has 5 aromatic rings. The van der Waals surface area contributed by atoms with Crippen LogP contribution in [0.25, 0.3) is 33.2 Å². The highest BCUT2D eigenvalue weighted by Crippen LogP contribution is 2.37. The Bertz CT molecular complexity index is 1550. The van der Waals surface area contributed by atoms with Gasteiger partial charge in [-0.25, -0.2) is 4.79 Å². The second-order valence-corrected chi connectivity index (χ2v) is 10.2. The molecular weight excluding hydrogens is 446 g/mol. The van der Waals surface area contributed by atoms with E-state index < -0.39 is 5.97 Å². The third kappa shape index (κ3) is 4.38. The molecule has 0 spiro atoms. The number of phenols is 1. The van der Waals surface area contributed by atoms with E-state index in [0.717, 1.165) is 38.7 Å². The number of aromatic hydroxyl groups is 1. The molecule has 4 nitrogen and oxygen atoms in total. The molecule has 1 heterocycles. The van der Waals surface area contributed by atoms with Gasteiger partial charge in [-0.1, -0.05) is 93.6 Å². The maximum Gasteiger partial charge on any atom is 0.353 e. The summed E-state index contributed by atoms with van der Waals surface area (Å²) in [6.07, 6.45) is 0. The topological polar surface area (TPSA) is 62.5 Å². The predicted molar refractivity (Wildman–Crippen MR) is 146 cm³/mol. The molecule has 180 valence electrons. The molecule has 0 atom stereocenters. The molecule has 0 unspecified atom stereocenters. The summed E-state index contributed by atoms with van der Waals surface area (Å²) in [5.74, 6) is -0.723. The Labute approximate surface area is 211 Å². The minimum absolute atomic E-state index is 0.0185. The summed E-state index contributed by atoms with van der Waals surface area (Å²) >= 11 is 0. The number of benzene rings is 4. The normalized spacial score (nSPS) is 11.6. The molecular formula is C32H29NO3. The molecule has 36 heavy (non-hydrogen) atoms. The van der Waals surface area contributed by atoms with E-state index in [4.69, 9.17) is 0 Å². The number of aromatic nitrogens is 1. The van der Waals surface area contributed by atoms with Crippen molar-refractivity contribution in [3.63, 3.8) is 0 Å². The van der Waals surface area contributed by atoms with E-state index in [9.17, 15) is 15.0 Å². The molecule has 0 aliphatic heterocycles. The summed E-state index contributed by atoms with van der Waals surface area (Å²) in [5.41, 5.74) is 7.04. The van der Waals surface area contributed by atoms with Crippen LogP contribution in [-0.2, 0) is 12.0 Å². The molecule has 4 aromatic carbocycles. The monoisotopic (exact) mass is 475 g/mol. The molecule has 0 bridgehead atoms. The van der Waals surface area contributed by atoms with Crippen molar-refractivity contribution in [3.05, 3.63) is 114 Å². The average Bonchev–Trinajstić information content (AvgIpc) is 3.18. The fourth-order valence-corrected chi connectivity index (χ4v) is 4.80. The van der Waals surface area contributed by atoms with Gasteiger partial charge in [-0.05, 0) is 57.5 Å². The van der Waals surface area contributed by atoms with Crippen molar-refractivity contribution >= 4 is 16.9 Å². The Hall–Kier alpha value is -4.31.